The minimum Gasteiger partial charge on any atom is -0.493 e. The highest BCUT2D eigenvalue weighted by Gasteiger charge is 2.24. The third-order valence-corrected chi connectivity index (χ3v) is 5.20. The summed E-state index contributed by atoms with van der Waals surface area (Å²) in [5.41, 5.74) is 1.78. The summed E-state index contributed by atoms with van der Waals surface area (Å²) in [5.74, 6) is 1.33. The van der Waals surface area contributed by atoms with Gasteiger partial charge in [-0.25, -0.2) is 0 Å². The van der Waals surface area contributed by atoms with E-state index in [1.54, 1.807) is 14.2 Å². The first-order valence-corrected chi connectivity index (χ1v) is 9.51. The van der Waals surface area contributed by atoms with Gasteiger partial charge in [0.1, 0.15) is 0 Å². The number of amides is 1. The molecule has 140 valence electrons. The summed E-state index contributed by atoms with van der Waals surface area (Å²) in [4.78, 5) is 14.7. The number of hydrogen-bond donors (Lipinski definition) is 1. The first-order valence-electron chi connectivity index (χ1n) is 8.57. The number of rotatable bonds is 7. The van der Waals surface area contributed by atoms with Crippen LogP contribution in [-0.2, 0) is 4.74 Å². The first-order chi connectivity index (χ1) is 12.7. The highest BCUT2D eigenvalue weighted by atomic mass is 32.1. The van der Waals surface area contributed by atoms with E-state index in [1.807, 2.05) is 35.0 Å². The average molecular weight is 376 g/mol. The fraction of sp³-hybridized carbons (Fsp3) is 0.421. The van der Waals surface area contributed by atoms with Gasteiger partial charge in [0.2, 0.25) is 0 Å². The Balaban J connectivity index is 1.79. The number of hydrogen-bond acceptors (Lipinski definition) is 6. The second-order valence-electron chi connectivity index (χ2n) is 6.00. The van der Waals surface area contributed by atoms with Gasteiger partial charge in [0.05, 0.1) is 33.5 Å². The van der Waals surface area contributed by atoms with E-state index >= 15 is 0 Å². The second-order valence-corrected chi connectivity index (χ2v) is 6.78. The smallest absolute Gasteiger partial charge is 0.252 e. The van der Waals surface area contributed by atoms with Crippen molar-refractivity contribution in [3.63, 3.8) is 0 Å². The van der Waals surface area contributed by atoms with E-state index in [4.69, 9.17) is 14.2 Å². The quantitative estimate of drug-likeness (QED) is 0.805. The molecule has 7 heteroatoms. The van der Waals surface area contributed by atoms with Crippen LogP contribution in [0.15, 0.2) is 35.0 Å². The number of ether oxygens (including phenoxy) is 3. The molecule has 1 atom stereocenters. The van der Waals surface area contributed by atoms with Gasteiger partial charge < -0.3 is 19.5 Å². The minimum absolute atomic E-state index is 0.0429. The molecule has 1 aromatic heterocycles. The summed E-state index contributed by atoms with van der Waals surface area (Å²) >= 11 is 1.52. The molecule has 0 unspecified atom stereocenters. The topological polar surface area (TPSA) is 60.0 Å². The standard InChI is InChI=1S/C19H24N2O4S/c1-23-17-4-3-14(11-18(17)24-2)16(21-6-8-25-9-7-21)12-20-19(22)15-5-10-26-13-15/h3-5,10-11,13,16H,6-9,12H2,1-2H3,(H,20,22)/t16-/m1/s1. The fourth-order valence-corrected chi connectivity index (χ4v) is 3.73. The third-order valence-electron chi connectivity index (χ3n) is 4.52. The number of carbonyl (C=O) groups is 1. The zero-order valence-corrected chi connectivity index (χ0v) is 15.9. The van der Waals surface area contributed by atoms with Gasteiger partial charge in [-0.3, -0.25) is 9.69 Å². The van der Waals surface area contributed by atoms with Crippen LogP contribution in [0.25, 0.3) is 0 Å². The van der Waals surface area contributed by atoms with E-state index in [-0.39, 0.29) is 11.9 Å². The fourth-order valence-electron chi connectivity index (χ4n) is 3.09. The van der Waals surface area contributed by atoms with Crippen LogP contribution in [0.3, 0.4) is 0 Å². The van der Waals surface area contributed by atoms with Gasteiger partial charge in [0, 0.05) is 30.6 Å². The van der Waals surface area contributed by atoms with Crippen LogP contribution in [0.2, 0.25) is 0 Å². The second kappa shape index (κ2) is 9.02. The van der Waals surface area contributed by atoms with Gasteiger partial charge in [0.15, 0.2) is 11.5 Å². The maximum absolute atomic E-state index is 12.4. The normalized spacial score (nSPS) is 16.1. The van der Waals surface area contributed by atoms with E-state index in [0.29, 0.717) is 36.8 Å². The molecule has 0 spiro atoms. The molecule has 1 aromatic carbocycles. The Hall–Kier alpha value is -2.09. The molecular weight excluding hydrogens is 352 g/mol. The zero-order valence-electron chi connectivity index (χ0n) is 15.1. The van der Waals surface area contributed by atoms with Crippen LogP contribution < -0.4 is 14.8 Å². The zero-order chi connectivity index (χ0) is 18.4. The number of benzene rings is 1. The van der Waals surface area contributed by atoms with Crippen molar-refractivity contribution in [3.05, 3.63) is 46.2 Å². The molecule has 1 saturated heterocycles. The lowest BCUT2D eigenvalue weighted by Crippen LogP contribution is -2.43. The minimum atomic E-state index is -0.0509. The Morgan fingerprint density at radius 1 is 1.23 bits per heavy atom. The molecule has 1 aliphatic heterocycles. The van der Waals surface area contributed by atoms with Crippen molar-refractivity contribution in [2.45, 2.75) is 6.04 Å². The number of nitrogens with zero attached hydrogens (tertiary/aromatic N) is 1. The summed E-state index contributed by atoms with van der Waals surface area (Å²) < 4.78 is 16.3. The predicted octanol–water partition coefficient (Wildman–Crippen LogP) is 2.57. The molecule has 0 radical (unpaired) electrons. The highest BCUT2D eigenvalue weighted by molar-refractivity contribution is 7.08. The molecule has 26 heavy (non-hydrogen) atoms. The van der Waals surface area contributed by atoms with Crippen LogP contribution in [0.4, 0.5) is 0 Å². The van der Waals surface area contributed by atoms with Crippen molar-refractivity contribution in [1.29, 1.82) is 0 Å². The van der Waals surface area contributed by atoms with Gasteiger partial charge in [-0.05, 0) is 29.1 Å². The van der Waals surface area contributed by atoms with E-state index in [0.717, 1.165) is 18.7 Å². The molecule has 0 aliphatic carbocycles. The van der Waals surface area contributed by atoms with Gasteiger partial charge >= 0.3 is 0 Å². The summed E-state index contributed by atoms with van der Waals surface area (Å²) in [6, 6.07) is 7.79. The predicted molar refractivity (Wildman–Crippen MR) is 101 cm³/mol. The maximum Gasteiger partial charge on any atom is 0.252 e. The van der Waals surface area contributed by atoms with Gasteiger partial charge in [-0.2, -0.15) is 11.3 Å². The largest absolute Gasteiger partial charge is 0.493 e. The van der Waals surface area contributed by atoms with E-state index in [9.17, 15) is 4.79 Å². The number of thiophene rings is 1. The average Bonchev–Trinajstić information content (AvgIpc) is 3.23. The first kappa shape index (κ1) is 18.7. The molecule has 2 heterocycles. The Labute approximate surface area is 157 Å². The Morgan fingerprint density at radius 2 is 2.00 bits per heavy atom. The number of methoxy groups -OCH3 is 2. The SMILES string of the molecule is COc1ccc([C@@H](CNC(=O)c2ccsc2)N2CCOCC2)cc1OC. The maximum atomic E-state index is 12.4. The summed E-state index contributed by atoms with van der Waals surface area (Å²) in [6.07, 6.45) is 0. The van der Waals surface area contributed by atoms with E-state index < -0.39 is 0 Å². The van der Waals surface area contributed by atoms with E-state index in [1.165, 1.54) is 11.3 Å². The van der Waals surface area contributed by atoms with Crippen molar-refractivity contribution in [3.8, 4) is 11.5 Å². The highest BCUT2D eigenvalue weighted by Crippen LogP contribution is 2.32. The molecule has 1 aliphatic rings. The molecule has 1 fully saturated rings. The third kappa shape index (κ3) is 4.35. The van der Waals surface area contributed by atoms with Crippen LogP contribution in [0, 0.1) is 0 Å². The summed E-state index contributed by atoms with van der Waals surface area (Å²) in [6.45, 7) is 3.56. The molecule has 2 aromatic rings. The molecule has 0 bridgehead atoms. The Bertz CT molecular complexity index is 714. The summed E-state index contributed by atoms with van der Waals surface area (Å²) in [7, 11) is 3.25. The molecule has 1 N–H and O–H groups in total. The van der Waals surface area contributed by atoms with Gasteiger partial charge in [-0.15, -0.1) is 0 Å². The summed E-state index contributed by atoms with van der Waals surface area (Å²) in [5, 5.41) is 6.82. The number of carbonyl (C=O) groups excluding carboxylic acids is 1. The molecule has 6 nitrogen and oxygen atoms in total. The lowest BCUT2D eigenvalue weighted by Gasteiger charge is -2.35. The number of morpholine rings is 1. The van der Waals surface area contributed by atoms with Crippen LogP contribution in [0.1, 0.15) is 22.0 Å². The number of nitrogens with one attached hydrogen (secondary N) is 1. The van der Waals surface area contributed by atoms with Crippen LogP contribution in [0.5, 0.6) is 11.5 Å². The van der Waals surface area contributed by atoms with Crippen molar-refractivity contribution in [1.82, 2.24) is 10.2 Å². The molecule has 0 saturated carbocycles. The Kier molecular flexibility index (Phi) is 6.49. The lowest BCUT2D eigenvalue weighted by molar-refractivity contribution is 0.0162. The van der Waals surface area contributed by atoms with Gasteiger partial charge in [0.25, 0.3) is 5.91 Å². The molecule has 3 rings (SSSR count). The monoisotopic (exact) mass is 376 g/mol. The van der Waals surface area contributed by atoms with Crippen molar-refractivity contribution in [2.75, 3.05) is 47.1 Å². The van der Waals surface area contributed by atoms with Crippen molar-refractivity contribution < 1.29 is 19.0 Å². The molecular formula is C19H24N2O4S. The van der Waals surface area contributed by atoms with Crippen molar-refractivity contribution in [2.24, 2.45) is 0 Å². The Morgan fingerprint density at radius 3 is 2.65 bits per heavy atom. The van der Waals surface area contributed by atoms with Crippen LogP contribution in [-0.4, -0.2) is 57.9 Å². The van der Waals surface area contributed by atoms with Crippen LogP contribution >= 0.6 is 11.3 Å². The van der Waals surface area contributed by atoms with Crippen molar-refractivity contribution >= 4 is 17.2 Å². The van der Waals surface area contributed by atoms with E-state index in [2.05, 4.69) is 10.2 Å². The van der Waals surface area contributed by atoms with Gasteiger partial charge in [-0.1, -0.05) is 6.07 Å². The lowest BCUT2D eigenvalue weighted by atomic mass is 10.0. The molecule has 1 amide bonds.